The molecule has 0 aromatic heterocycles. The Morgan fingerprint density at radius 1 is 0.622 bits per heavy atom. The van der Waals surface area contributed by atoms with Crippen LogP contribution in [-0.4, -0.2) is 23.8 Å². The fourth-order valence-corrected chi connectivity index (χ4v) is 4.20. The highest BCUT2D eigenvalue weighted by Gasteiger charge is 2.28. The maximum absolute atomic E-state index is 13.7. The Balaban J connectivity index is 1.55. The first kappa shape index (κ1) is 25.4. The second kappa shape index (κ2) is 12.3. The molecule has 0 saturated carbocycles. The van der Waals surface area contributed by atoms with Gasteiger partial charge < -0.3 is 5.32 Å². The Bertz CT molecular complexity index is 1300. The average Bonchev–Trinajstić information content (AvgIpc) is 2.93. The lowest BCUT2D eigenvalue weighted by molar-refractivity contribution is -0.129. The number of benzene rings is 4. The van der Waals surface area contributed by atoms with Crippen LogP contribution in [-0.2, 0) is 16.0 Å². The lowest BCUT2D eigenvalue weighted by Crippen LogP contribution is -2.54. The summed E-state index contributed by atoms with van der Waals surface area (Å²) in [5.41, 5.74) is 8.74. The number of amides is 3. The molecule has 0 radical (unpaired) electrons. The van der Waals surface area contributed by atoms with Crippen molar-refractivity contribution in [3.05, 3.63) is 143 Å². The quantitative estimate of drug-likeness (QED) is 0.321. The second-order valence-corrected chi connectivity index (χ2v) is 8.76. The number of hydrogen-bond donors (Lipinski definition) is 3. The topological polar surface area (TPSA) is 87.3 Å². The summed E-state index contributed by atoms with van der Waals surface area (Å²) >= 11 is 0. The van der Waals surface area contributed by atoms with E-state index in [9.17, 15) is 14.4 Å². The highest BCUT2D eigenvalue weighted by Crippen LogP contribution is 2.25. The maximum atomic E-state index is 13.7. The van der Waals surface area contributed by atoms with E-state index in [0.29, 0.717) is 5.56 Å². The van der Waals surface area contributed by atoms with E-state index in [-0.39, 0.29) is 12.3 Å². The molecule has 0 aliphatic heterocycles. The van der Waals surface area contributed by atoms with E-state index >= 15 is 0 Å². The number of rotatable bonds is 8. The van der Waals surface area contributed by atoms with E-state index in [1.54, 1.807) is 12.1 Å². The Labute approximate surface area is 216 Å². The summed E-state index contributed by atoms with van der Waals surface area (Å²) in [6.45, 7) is 1.82. The molecule has 1 atom stereocenters. The Hall–Kier alpha value is -4.71. The van der Waals surface area contributed by atoms with Gasteiger partial charge in [-0.3, -0.25) is 25.2 Å². The van der Waals surface area contributed by atoms with Crippen LogP contribution in [0.3, 0.4) is 0 Å². The van der Waals surface area contributed by atoms with Crippen LogP contribution in [0.5, 0.6) is 0 Å². The third kappa shape index (κ3) is 6.70. The molecular formula is C31H29N3O3. The zero-order valence-electron chi connectivity index (χ0n) is 20.6. The smallest absolute Gasteiger partial charge is 0.269 e. The van der Waals surface area contributed by atoms with Crippen molar-refractivity contribution in [3.8, 4) is 0 Å². The van der Waals surface area contributed by atoms with E-state index in [0.717, 1.165) is 22.3 Å². The first-order valence-corrected chi connectivity index (χ1v) is 12.1. The van der Waals surface area contributed by atoms with Crippen molar-refractivity contribution in [2.24, 2.45) is 0 Å². The van der Waals surface area contributed by atoms with Gasteiger partial charge in [0.2, 0.25) is 5.91 Å². The van der Waals surface area contributed by atoms with Crippen LogP contribution < -0.4 is 16.2 Å². The molecule has 6 heteroatoms. The van der Waals surface area contributed by atoms with Crippen molar-refractivity contribution in [1.29, 1.82) is 0 Å². The summed E-state index contributed by atoms with van der Waals surface area (Å²) in [6.07, 6.45) is 0.259. The zero-order valence-corrected chi connectivity index (χ0v) is 20.6. The second-order valence-electron chi connectivity index (χ2n) is 8.76. The molecule has 6 nitrogen and oxygen atoms in total. The standard InChI is InChI=1S/C31H29N3O3/c1-22-13-11-12-20-26(22)29(35)33-34-30(36)27(21-23-14-5-2-6-15-23)32-31(37)28(24-16-7-3-8-17-24)25-18-9-4-10-19-25/h2-20,27-28H,21H2,1H3,(H,32,37)(H,33,35)(H,34,36)/t27-/m0/s1. The van der Waals surface area contributed by atoms with E-state index in [1.165, 1.54) is 0 Å². The predicted octanol–water partition coefficient (Wildman–Crippen LogP) is 4.32. The van der Waals surface area contributed by atoms with Crippen molar-refractivity contribution in [2.75, 3.05) is 0 Å². The van der Waals surface area contributed by atoms with Gasteiger partial charge in [-0.2, -0.15) is 0 Å². The van der Waals surface area contributed by atoms with E-state index in [1.807, 2.05) is 110 Å². The summed E-state index contributed by atoms with van der Waals surface area (Å²) in [7, 11) is 0. The maximum Gasteiger partial charge on any atom is 0.269 e. The fourth-order valence-electron chi connectivity index (χ4n) is 4.20. The Morgan fingerprint density at radius 3 is 1.70 bits per heavy atom. The van der Waals surface area contributed by atoms with Crippen LogP contribution in [0.1, 0.15) is 38.5 Å². The zero-order chi connectivity index (χ0) is 26.0. The van der Waals surface area contributed by atoms with Crippen LogP contribution >= 0.6 is 0 Å². The van der Waals surface area contributed by atoms with Crippen molar-refractivity contribution in [1.82, 2.24) is 16.2 Å². The third-order valence-corrected chi connectivity index (χ3v) is 6.13. The molecule has 0 spiro atoms. The fraction of sp³-hybridized carbons (Fsp3) is 0.129. The summed E-state index contributed by atoms with van der Waals surface area (Å²) < 4.78 is 0. The van der Waals surface area contributed by atoms with E-state index in [4.69, 9.17) is 0 Å². The van der Waals surface area contributed by atoms with Crippen LogP contribution in [0.25, 0.3) is 0 Å². The normalized spacial score (nSPS) is 11.4. The van der Waals surface area contributed by atoms with Gasteiger partial charge in [0.25, 0.3) is 11.8 Å². The minimum absolute atomic E-state index is 0.259. The van der Waals surface area contributed by atoms with Gasteiger partial charge in [-0.15, -0.1) is 0 Å². The molecule has 0 aliphatic carbocycles. The first-order chi connectivity index (χ1) is 18.0. The van der Waals surface area contributed by atoms with Crippen LogP contribution in [0.15, 0.2) is 115 Å². The Kier molecular flexibility index (Phi) is 8.45. The highest BCUT2D eigenvalue weighted by atomic mass is 16.2. The van der Waals surface area contributed by atoms with Gasteiger partial charge in [-0.1, -0.05) is 109 Å². The molecule has 186 valence electrons. The van der Waals surface area contributed by atoms with E-state index < -0.39 is 23.8 Å². The third-order valence-electron chi connectivity index (χ3n) is 6.13. The lowest BCUT2D eigenvalue weighted by Gasteiger charge is -2.23. The molecule has 4 aromatic rings. The molecule has 0 heterocycles. The number of nitrogens with one attached hydrogen (secondary N) is 3. The number of carbonyl (C=O) groups excluding carboxylic acids is 3. The number of hydrazine groups is 1. The van der Waals surface area contributed by atoms with Crippen LogP contribution in [0, 0.1) is 6.92 Å². The molecule has 37 heavy (non-hydrogen) atoms. The largest absolute Gasteiger partial charge is 0.343 e. The van der Waals surface area contributed by atoms with Gasteiger partial charge in [0.05, 0.1) is 5.92 Å². The number of aryl methyl sites for hydroxylation is 1. The molecule has 0 bridgehead atoms. The molecule has 0 aliphatic rings. The van der Waals surface area contributed by atoms with E-state index in [2.05, 4.69) is 16.2 Å². The van der Waals surface area contributed by atoms with Crippen LogP contribution in [0.4, 0.5) is 0 Å². The average molecular weight is 492 g/mol. The summed E-state index contributed by atoms with van der Waals surface area (Å²) in [4.78, 5) is 39.6. The van der Waals surface area contributed by atoms with Crippen molar-refractivity contribution in [3.63, 3.8) is 0 Å². The van der Waals surface area contributed by atoms with Crippen LogP contribution in [0.2, 0.25) is 0 Å². The molecule has 3 N–H and O–H groups in total. The van der Waals surface area contributed by atoms with Gasteiger partial charge in [-0.05, 0) is 35.2 Å². The summed E-state index contributed by atoms with van der Waals surface area (Å²) in [6, 6.07) is 34.5. The molecule has 4 rings (SSSR count). The first-order valence-electron chi connectivity index (χ1n) is 12.1. The SMILES string of the molecule is Cc1ccccc1C(=O)NNC(=O)[C@H](Cc1ccccc1)NC(=O)C(c1ccccc1)c1ccccc1. The minimum atomic E-state index is -0.915. The summed E-state index contributed by atoms with van der Waals surface area (Å²) in [5.74, 6) is -1.85. The summed E-state index contributed by atoms with van der Waals surface area (Å²) in [5, 5.41) is 2.93. The predicted molar refractivity (Wildman–Crippen MR) is 144 cm³/mol. The molecule has 3 amide bonds. The minimum Gasteiger partial charge on any atom is -0.343 e. The van der Waals surface area contributed by atoms with Gasteiger partial charge in [0.15, 0.2) is 0 Å². The number of hydrogen-bond acceptors (Lipinski definition) is 3. The van der Waals surface area contributed by atoms with Gasteiger partial charge in [0, 0.05) is 12.0 Å². The number of carbonyl (C=O) groups is 3. The van der Waals surface area contributed by atoms with Gasteiger partial charge in [0.1, 0.15) is 6.04 Å². The molecule has 0 unspecified atom stereocenters. The molecule has 0 fully saturated rings. The van der Waals surface area contributed by atoms with Gasteiger partial charge >= 0.3 is 0 Å². The van der Waals surface area contributed by atoms with Crippen molar-refractivity contribution >= 4 is 17.7 Å². The molecular weight excluding hydrogens is 462 g/mol. The monoisotopic (exact) mass is 491 g/mol. The van der Waals surface area contributed by atoms with Crippen molar-refractivity contribution in [2.45, 2.75) is 25.3 Å². The molecule has 0 saturated heterocycles. The highest BCUT2D eigenvalue weighted by molar-refractivity contribution is 5.98. The van der Waals surface area contributed by atoms with Crippen molar-refractivity contribution < 1.29 is 14.4 Å². The lowest BCUT2D eigenvalue weighted by atomic mass is 9.90. The molecule has 4 aromatic carbocycles. The van der Waals surface area contributed by atoms with Gasteiger partial charge in [-0.25, -0.2) is 0 Å². The Morgan fingerprint density at radius 2 is 1.14 bits per heavy atom.